The predicted octanol–water partition coefficient (Wildman–Crippen LogP) is 4.18. The molecule has 0 spiro atoms. The van der Waals surface area contributed by atoms with Crippen molar-refractivity contribution in [2.45, 2.75) is 31.2 Å². The van der Waals surface area contributed by atoms with Crippen molar-refractivity contribution in [1.82, 2.24) is 4.57 Å². The van der Waals surface area contributed by atoms with Gasteiger partial charge in [0.1, 0.15) is 25.6 Å². The Hall–Kier alpha value is -2.85. The number of hydrogen-bond donors (Lipinski definition) is 0. The monoisotopic (exact) mass is 490 g/mol. The molecule has 4 rings (SSSR count). The van der Waals surface area contributed by atoms with Gasteiger partial charge in [-0.3, -0.25) is 9.59 Å². The van der Waals surface area contributed by atoms with Crippen LogP contribution in [0.4, 0.5) is 4.39 Å². The minimum atomic E-state index is -0.406. The largest absolute Gasteiger partial charge is 0.486 e. The molecular weight excluding hydrogens is 467 g/mol. The van der Waals surface area contributed by atoms with E-state index in [4.69, 9.17) is 14.2 Å². The maximum atomic E-state index is 13.0. The van der Waals surface area contributed by atoms with Crippen molar-refractivity contribution >= 4 is 45.2 Å². The number of ether oxygens (including phenoxy) is 3. The second-order valence-electron chi connectivity index (χ2n) is 7.15. The smallest absolute Gasteiger partial charge is 0.326 e. The van der Waals surface area contributed by atoms with Crippen LogP contribution in [-0.2, 0) is 20.9 Å². The number of halogens is 1. The van der Waals surface area contributed by atoms with Crippen molar-refractivity contribution in [2.75, 3.05) is 25.6 Å². The summed E-state index contributed by atoms with van der Waals surface area (Å²) in [7, 11) is 0. The number of thioether (sulfide) groups is 1. The summed E-state index contributed by atoms with van der Waals surface area (Å²) in [4.78, 5) is 30.4. The van der Waals surface area contributed by atoms with E-state index in [9.17, 15) is 14.0 Å². The van der Waals surface area contributed by atoms with Gasteiger partial charge in [-0.05, 0) is 43.4 Å². The van der Waals surface area contributed by atoms with Crippen LogP contribution in [0.2, 0.25) is 0 Å². The second kappa shape index (κ2) is 10.8. The molecule has 10 heteroatoms. The topological polar surface area (TPSA) is 79.1 Å². The Morgan fingerprint density at radius 1 is 1.18 bits per heavy atom. The van der Waals surface area contributed by atoms with Crippen LogP contribution in [0.25, 0.3) is 10.2 Å². The zero-order chi connectivity index (χ0) is 23.2. The molecule has 174 valence electrons. The summed E-state index contributed by atoms with van der Waals surface area (Å²) in [6, 6.07) is 9.92. The minimum Gasteiger partial charge on any atom is -0.486 e. The fourth-order valence-electron chi connectivity index (χ4n) is 3.29. The Labute approximate surface area is 198 Å². The summed E-state index contributed by atoms with van der Waals surface area (Å²) >= 11 is 2.87. The molecule has 3 aromatic rings. The first kappa shape index (κ1) is 23.3. The van der Waals surface area contributed by atoms with Crippen LogP contribution in [0, 0.1) is 5.82 Å². The minimum absolute atomic E-state index is 0.0555. The van der Waals surface area contributed by atoms with Gasteiger partial charge >= 0.3 is 5.97 Å². The average Bonchev–Trinajstić information content (AvgIpc) is 3.12. The number of hydrogen-bond acceptors (Lipinski definition) is 7. The van der Waals surface area contributed by atoms with Crippen molar-refractivity contribution in [2.24, 2.45) is 4.99 Å². The van der Waals surface area contributed by atoms with Gasteiger partial charge in [0.25, 0.3) is 0 Å². The van der Waals surface area contributed by atoms with Crippen molar-refractivity contribution in [1.29, 1.82) is 0 Å². The van der Waals surface area contributed by atoms with E-state index in [0.29, 0.717) is 41.7 Å². The van der Waals surface area contributed by atoms with E-state index in [1.807, 2.05) is 12.1 Å². The molecule has 1 aliphatic rings. The van der Waals surface area contributed by atoms with E-state index in [-0.39, 0.29) is 31.3 Å². The number of carbonyl (C=O) groups excluding carboxylic acids is 2. The maximum absolute atomic E-state index is 13.0. The fourth-order valence-corrected chi connectivity index (χ4v) is 5.20. The Morgan fingerprint density at radius 3 is 2.64 bits per heavy atom. The third kappa shape index (κ3) is 5.94. The molecule has 2 heterocycles. The summed E-state index contributed by atoms with van der Waals surface area (Å²) < 4.78 is 31.9. The summed E-state index contributed by atoms with van der Waals surface area (Å²) in [5.74, 6) is 0.997. The first-order valence-corrected chi connectivity index (χ1v) is 12.4. The van der Waals surface area contributed by atoms with Gasteiger partial charge < -0.3 is 18.8 Å². The molecule has 0 radical (unpaired) electrons. The summed E-state index contributed by atoms with van der Waals surface area (Å²) in [6.07, 6.45) is 0.897. The van der Waals surface area contributed by atoms with Gasteiger partial charge in [0.05, 0.1) is 16.8 Å². The van der Waals surface area contributed by atoms with E-state index in [1.165, 1.54) is 23.5 Å². The fraction of sp³-hybridized carbons (Fsp3) is 0.348. The molecule has 0 N–H and O–H groups in total. The number of benzene rings is 2. The third-order valence-electron chi connectivity index (χ3n) is 4.78. The molecule has 0 bridgehead atoms. The highest BCUT2D eigenvalue weighted by atomic mass is 32.2. The van der Waals surface area contributed by atoms with E-state index in [0.717, 1.165) is 15.1 Å². The molecule has 7 nitrogen and oxygen atoms in total. The number of carbonyl (C=O) groups is 2. The number of fused-ring (bicyclic) bond motifs is 2. The normalized spacial score (nSPS) is 13.3. The lowest BCUT2D eigenvalue weighted by Crippen LogP contribution is -2.23. The van der Waals surface area contributed by atoms with Crippen LogP contribution in [-0.4, -0.2) is 42.0 Å². The van der Waals surface area contributed by atoms with Gasteiger partial charge in [0.15, 0.2) is 16.3 Å². The maximum Gasteiger partial charge on any atom is 0.326 e. The Bertz CT molecular complexity index is 1220. The van der Waals surface area contributed by atoms with Gasteiger partial charge in [0.2, 0.25) is 5.91 Å². The first-order valence-electron chi connectivity index (χ1n) is 10.6. The third-order valence-corrected chi connectivity index (χ3v) is 6.92. The standard InChI is InChI=1S/C23H23FN2O5S2/c1-2-29-22(28)14-26-17-12-18-19(31-10-9-30-18)13-20(17)33-23(26)25-21(27)4-3-11-32-16-7-5-15(24)6-8-16/h5-8,12-13H,2-4,9-11,14H2,1H3. The van der Waals surface area contributed by atoms with Gasteiger partial charge in [-0.1, -0.05) is 11.3 Å². The van der Waals surface area contributed by atoms with Crippen LogP contribution in [0.5, 0.6) is 11.5 Å². The van der Waals surface area contributed by atoms with Crippen molar-refractivity contribution in [3.8, 4) is 11.5 Å². The lowest BCUT2D eigenvalue weighted by Gasteiger charge is -2.18. The molecule has 0 aliphatic carbocycles. The Morgan fingerprint density at radius 2 is 1.91 bits per heavy atom. The molecular formula is C23H23FN2O5S2. The number of rotatable bonds is 8. The molecule has 0 atom stereocenters. The summed E-state index contributed by atoms with van der Waals surface area (Å²) in [5.41, 5.74) is 0.732. The molecule has 33 heavy (non-hydrogen) atoms. The van der Waals surface area contributed by atoms with E-state index in [2.05, 4.69) is 4.99 Å². The van der Waals surface area contributed by atoms with Crippen LogP contribution in [0.3, 0.4) is 0 Å². The molecule has 2 aromatic carbocycles. The van der Waals surface area contributed by atoms with E-state index >= 15 is 0 Å². The van der Waals surface area contributed by atoms with E-state index in [1.54, 1.807) is 35.4 Å². The van der Waals surface area contributed by atoms with Crippen LogP contribution in [0.15, 0.2) is 46.3 Å². The van der Waals surface area contributed by atoms with Gasteiger partial charge in [0, 0.05) is 23.4 Å². The molecule has 1 aliphatic heterocycles. The average molecular weight is 491 g/mol. The molecule has 0 saturated heterocycles. The van der Waals surface area contributed by atoms with Crippen molar-refractivity contribution < 1.29 is 28.2 Å². The molecule has 0 fully saturated rings. The van der Waals surface area contributed by atoms with Gasteiger partial charge in [-0.25, -0.2) is 4.39 Å². The second-order valence-corrected chi connectivity index (χ2v) is 9.33. The zero-order valence-electron chi connectivity index (χ0n) is 18.0. The first-order chi connectivity index (χ1) is 16.0. The molecule has 1 amide bonds. The summed E-state index contributed by atoms with van der Waals surface area (Å²) in [6.45, 7) is 2.88. The lowest BCUT2D eigenvalue weighted by atomic mass is 10.2. The quantitative estimate of drug-likeness (QED) is 0.268. The number of nitrogens with zero attached hydrogens (tertiary/aromatic N) is 2. The number of thiazole rings is 1. The molecule has 1 aromatic heterocycles. The molecule has 0 unspecified atom stereocenters. The van der Waals surface area contributed by atoms with Crippen molar-refractivity contribution in [3.05, 3.63) is 47.0 Å². The van der Waals surface area contributed by atoms with Crippen LogP contribution >= 0.6 is 23.1 Å². The highest BCUT2D eigenvalue weighted by molar-refractivity contribution is 7.99. The lowest BCUT2D eigenvalue weighted by molar-refractivity contribution is -0.143. The number of amides is 1. The Balaban J connectivity index is 1.52. The van der Waals surface area contributed by atoms with Crippen LogP contribution in [0.1, 0.15) is 19.8 Å². The zero-order valence-corrected chi connectivity index (χ0v) is 19.7. The highest BCUT2D eigenvalue weighted by Gasteiger charge is 2.18. The number of aromatic nitrogens is 1. The van der Waals surface area contributed by atoms with Gasteiger partial charge in [-0.15, -0.1) is 11.8 Å². The SMILES string of the molecule is CCOC(=O)Cn1c(=NC(=O)CCCSc2ccc(F)cc2)sc2cc3c(cc21)OCCO3. The predicted molar refractivity (Wildman–Crippen MR) is 124 cm³/mol. The van der Waals surface area contributed by atoms with Gasteiger partial charge in [-0.2, -0.15) is 4.99 Å². The molecule has 0 saturated carbocycles. The number of esters is 1. The Kier molecular flexibility index (Phi) is 7.66. The highest BCUT2D eigenvalue weighted by Crippen LogP contribution is 2.35. The van der Waals surface area contributed by atoms with Crippen LogP contribution < -0.4 is 14.3 Å². The summed E-state index contributed by atoms with van der Waals surface area (Å²) in [5, 5.41) is 0. The van der Waals surface area contributed by atoms with E-state index < -0.39 is 5.97 Å². The van der Waals surface area contributed by atoms with Crippen molar-refractivity contribution in [3.63, 3.8) is 0 Å².